The summed E-state index contributed by atoms with van der Waals surface area (Å²) in [5.74, 6) is 0.217. The SMILES string of the molecule is COc1ccc(NC(=O)CN(C)C(=O)OC(C)(C)C)c(Cl)c1. The van der Waals surface area contributed by atoms with Crippen LogP contribution < -0.4 is 10.1 Å². The fourth-order valence-corrected chi connectivity index (χ4v) is 1.75. The van der Waals surface area contributed by atoms with Crippen LogP contribution in [0.15, 0.2) is 18.2 Å². The predicted octanol–water partition coefficient (Wildman–Crippen LogP) is 3.15. The Morgan fingerprint density at radius 2 is 1.95 bits per heavy atom. The van der Waals surface area contributed by atoms with E-state index in [-0.39, 0.29) is 12.5 Å². The molecule has 2 amide bonds. The number of rotatable bonds is 4. The second-order valence-electron chi connectivity index (χ2n) is 5.73. The lowest BCUT2D eigenvalue weighted by atomic mass is 10.2. The van der Waals surface area contributed by atoms with Crippen LogP contribution in [-0.2, 0) is 9.53 Å². The second-order valence-corrected chi connectivity index (χ2v) is 6.14. The van der Waals surface area contributed by atoms with E-state index in [4.69, 9.17) is 21.1 Å². The van der Waals surface area contributed by atoms with Gasteiger partial charge in [-0.1, -0.05) is 11.6 Å². The smallest absolute Gasteiger partial charge is 0.410 e. The molecule has 0 radical (unpaired) electrons. The zero-order chi connectivity index (χ0) is 16.9. The van der Waals surface area contributed by atoms with Gasteiger partial charge in [-0.05, 0) is 32.9 Å². The first kappa shape index (κ1) is 18.1. The van der Waals surface area contributed by atoms with E-state index < -0.39 is 11.7 Å². The van der Waals surface area contributed by atoms with Gasteiger partial charge in [-0.3, -0.25) is 4.79 Å². The summed E-state index contributed by atoms with van der Waals surface area (Å²) in [7, 11) is 3.02. The van der Waals surface area contributed by atoms with Crippen molar-refractivity contribution >= 4 is 29.3 Å². The Morgan fingerprint density at radius 1 is 1.32 bits per heavy atom. The molecule has 1 rings (SSSR count). The molecule has 0 aliphatic rings. The maximum absolute atomic E-state index is 11.9. The first-order chi connectivity index (χ1) is 10.1. The number of amides is 2. The Hall–Kier alpha value is -1.95. The molecule has 0 fully saturated rings. The van der Waals surface area contributed by atoms with Crippen LogP contribution in [-0.4, -0.2) is 43.2 Å². The molecule has 122 valence electrons. The van der Waals surface area contributed by atoms with Gasteiger partial charge in [-0.25, -0.2) is 4.79 Å². The number of methoxy groups -OCH3 is 1. The van der Waals surface area contributed by atoms with E-state index in [0.717, 1.165) is 0 Å². The predicted molar refractivity (Wildman–Crippen MR) is 85.5 cm³/mol. The Morgan fingerprint density at radius 3 is 2.45 bits per heavy atom. The summed E-state index contributed by atoms with van der Waals surface area (Å²) >= 11 is 6.04. The normalized spacial score (nSPS) is 10.8. The monoisotopic (exact) mass is 328 g/mol. The molecule has 1 aromatic carbocycles. The van der Waals surface area contributed by atoms with Crippen LogP contribution in [0.3, 0.4) is 0 Å². The highest BCUT2D eigenvalue weighted by Gasteiger charge is 2.21. The number of benzene rings is 1. The summed E-state index contributed by atoms with van der Waals surface area (Å²) in [6, 6.07) is 4.90. The molecule has 22 heavy (non-hydrogen) atoms. The summed E-state index contributed by atoms with van der Waals surface area (Å²) < 4.78 is 10.2. The number of halogens is 1. The largest absolute Gasteiger partial charge is 0.497 e. The Balaban J connectivity index is 2.61. The van der Waals surface area contributed by atoms with Gasteiger partial charge in [-0.15, -0.1) is 0 Å². The van der Waals surface area contributed by atoms with Gasteiger partial charge >= 0.3 is 6.09 Å². The number of carbonyl (C=O) groups is 2. The van der Waals surface area contributed by atoms with Crippen LogP contribution >= 0.6 is 11.6 Å². The second kappa shape index (κ2) is 7.35. The van der Waals surface area contributed by atoms with Gasteiger partial charge in [-0.2, -0.15) is 0 Å². The average Bonchev–Trinajstić information content (AvgIpc) is 2.39. The van der Waals surface area contributed by atoms with Crippen molar-refractivity contribution in [2.75, 3.05) is 26.0 Å². The molecule has 0 aliphatic heterocycles. The minimum Gasteiger partial charge on any atom is -0.497 e. The molecule has 7 heteroatoms. The van der Waals surface area contributed by atoms with Crippen LogP contribution in [0.25, 0.3) is 0 Å². The van der Waals surface area contributed by atoms with Crippen molar-refractivity contribution in [3.8, 4) is 5.75 Å². The van der Waals surface area contributed by atoms with Crippen molar-refractivity contribution in [2.24, 2.45) is 0 Å². The minimum atomic E-state index is -0.610. The Bertz CT molecular complexity index is 555. The van der Waals surface area contributed by atoms with E-state index in [1.807, 2.05) is 0 Å². The van der Waals surface area contributed by atoms with Crippen molar-refractivity contribution in [2.45, 2.75) is 26.4 Å². The number of anilines is 1. The average molecular weight is 329 g/mol. The summed E-state index contributed by atoms with van der Waals surface area (Å²) in [5.41, 5.74) is -0.161. The van der Waals surface area contributed by atoms with Crippen molar-refractivity contribution in [3.05, 3.63) is 23.2 Å². The highest BCUT2D eigenvalue weighted by atomic mass is 35.5. The number of ether oxygens (including phenoxy) is 2. The van der Waals surface area contributed by atoms with E-state index in [0.29, 0.717) is 16.5 Å². The van der Waals surface area contributed by atoms with Crippen molar-refractivity contribution in [3.63, 3.8) is 0 Å². The molecule has 1 N–H and O–H groups in total. The van der Waals surface area contributed by atoms with Crippen LogP contribution in [0.2, 0.25) is 5.02 Å². The Kier molecular flexibility index (Phi) is 6.05. The quantitative estimate of drug-likeness (QED) is 0.922. The number of hydrogen-bond acceptors (Lipinski definition) is 4. The van der Waals surface area contributed by atoms with Crippen molar-refractivity contribution in [1.29, 1.82) is 0 Å². The summed E-state index contributed by atoms with van der Waals surface area (Å²) in [6.07, 6.45) is -0.566. The fourth-order valence-electron chi connectivity index (χ4n) is 1.53. The fraction of sp³-hybridized carbons (Fsp3) is 0.467. The van der Waals surface area contributed by atoms with Crippen molar-refractivity contribution in [1.82, 2.24) is 4.90 Å². The van der Waals surface area contributed by atoms with Gasteiger partial charge in [0.15, 0.2) is 0 Å². The summed E-state index contributed by atoms with van der Waals surface area (Å²) in [5, 5.41) is 2.99. The van der Waals surface area contributed by atoms with Crippen LogP contribution in [0.1, 0.15) is 20.8 Å². The molecule has 1 aromatic rings. The zero-order valence-corrected chi connectivity index (χ0v) is 14.2. The lowest BCUT2D eigenvalue weighted by Gasteiger charge is -2.24. The third-order valence-electron chi connectivity index (χ3n) is 2.54. The van der Waals surface area contributed by atoms with Gasteiger partial charge in [0.05, 0.1) is 17.8 Å². The molecule has 6 nitrogen and oxygen atoms in total. The van der Waals surface area contributed by atoms with Crippen LogP contribution in [0, 0.1) is 0 Å². The maximum atomic E-state index is 11.9. The molecular formula is C15H21ClN2O4. The zero-order valence-electron chi connectivity index (χ0n) is 13.4. The third-order valence-corrected chi connectivity index (χ3v) is 2.85. The molecule has 0 heterocycles. The standard InChI is InChI=1S/C15H21ClN2O4/c1-15(2,3)22-14(20)18(4)9-13(19)17-12-7-6-10(21-5)8-11(12)16/h6-8H,9H2,1-5H3,(H,17,19). The maximum Gasteiger partial charge on any atom is 0.410 e. The van der Waals surface area contributed by atoms with E-state index in [1.165, 1.54) is 19.1 Å². The first-order valence-electron chi connectivity index (χ1n) is 6.70. The van der Waals surface area contributed by atoms with Gasteiger partial charge in [0.1, 0.15) is 17.9 Å². The molecule has 0 saturated heterocycles. The number of nitrogens with one attached hydrogen (secondary N) is 1. The number of hydrogen-bond donors (Lipinski definition) is 1. The topological polar surface area (TPSA) is 67.9 Å². The highest BCUT2D eigenvalue weighted by Crippen LogP contribution is 2.26. The van der Waals surface area contributed by atoms with Crippen LogP contribution in [0.4, 0.5) is 10.5 Å². The molecule has 0 atom stereocenters. The molecule has 0 unspecified atom stereocenters. The number of likely N-dealkylation sites (N-methyl/N-ethyl adjacent to an activating group) is 1. The Labute approximate surface area is 135 Å². The highest BCUT2D eigenvalue weighted by molar-refractivity contribution is 6.33. The molecular weight excluding hydrogens is 308 g/mol. The first-order valence-corrected chi connectivity index (χ1v) is 7.07. The van der Waals surface area contributed by atoms with Gasteiger partial charge < -0.3 is 19.7 Å². The molecule has 0 aliphatic carbocycles. The third kappa shape index (κ3) is 5.81. The number of carbonyl (C=O) groups excluding carboxylic acids is 2. The summed E-state index contributed by atoms with van der Waals surface area (Å²) in [4.78, 5) is 24.9. The van der Waals surface area contributed by atoms with E-state index in [1.54, 1.807) is 39.0 Å². The number of nitrogens with zero attached hydrogens (tertiary/aromatic N) is 1. The molecule has 0 saturated carbocycles. The van der Waals surface area contributed by atoms with E-state index in [9.17, 15) is 9.59 Å². The lowest BCUT2D eigenvalue weighted by Crippen LogP contribution is -2.38. The van der Waals surface area contributed by atoms with E-state index in [2.05, 4.69) is 5.32 Å². The minimum absolute atomic E-state index is 0.142. The van der Waals surface area contributed by atoms with Gasteiger partial charge in [0.25, 0.3) is 0 Å². The molecule has 0 bridgehead atoms. The lowest BCUT2D eigenvalue weighted by molar-refractivity contribution is -0.117. The van der Waals surface area contributed by atoms with Gasteiger partial charge in [0.2, 0.25) is 5.91 Å². The van der Waals surface area contributed by atoms with Crippen LogP contribution in [0.5, 0.6) is 5.75 Å². The van der Waals surface area contributed by atoms with E-state index >= 15 is 0 Å². The summed E-state index contributed by atoms with van der Waals surface area (Å²) in [6.45, 7) is 5.14. The van der Waals surface area contributed by atoms with Crippen molar-refractivity contribution < 1.29 is 19.1 Å². The van der Waals surface area contributed by atoms with Gasteiger partial charge in [0, 0.05) is 13.1 Å². The molecule has 0 spiro atoms. The molecule has 0 aromatic heterocycles.